The Morgan fingerprint density at radius 1 is 1.16 bits per heavy atom. The monoisotopic (exact) mass is 436 g/mol. The summed E-state index contributed by atoms with van der Waals surface area (Å²) in [4.78, 5) is 12.6. The van der Waals surface area contributed by atoms with Crippen LogP contribution in [-0.2, 0) is 4.74 Å². The fourth-order valence-corrected chi connectivity index (χ4v) is 4.13. The maximum atomic E-state index is 12.6. The fourth-order valence-electron chi connectivity index (χ4n) is 3.84. The van der Waals surface area contributed by atoms with E-state index in [1.165, 1.54) is 24.0 Å². The molecule has 1 atom stereocenters. The molecule has 1 aliphatic carbocycles. The molecule has 0 spiro atoms. The molecule has 1 amide bonds. The molecule has 0 saturated heterocycles. The normalized spacial score (nSPS) is 14.6. The zero-order valence-electron chi connectivity index (χ0n) is 17.7. The first-order chi connectivity index (χ1) is 15.0. The number of nitrogens with zero attached hydrogens (tertiary/aromatic N) is 1. The molecule has 0 bridgehead atoms. The van der Waals surface area contributed by atoms with Gasteiger partial charge in [-0.15, -0.1) is 0 Å². The van der Waals surface area contributed by atoms with Gasteiger partial charge in [-0.1, -0.05) is 59.2 Å². The van der Waals surface area contributed by atoms with Gasteiger partial charge in [0.15, 0.2) is 5.76 Å². The summed E-state index contributed by atoms with van der Waals surface area (Å²) < 4.78 is 10.9. The summed E-state index contributed by atoms with van der Waals surface area (Å²) >= 11 is 6.21. The van der Waals surface area contributed by atoms with Crippen molar-refractivity contribution in [2.45, 2.75) is 45.6 Å². The van der Waals surface area contributed by atoms with Crippen LogP contribution in [0.2, 0.25) is 5.02 Å². The Balaban J connectivity index is 1.54. The van der Waals surface area contributed by atoms with Crippen molar-refractivity contribution in [2.75, 3.05) is 5.32 Å². The highest BCUT2D eigenvalue weighted by molar-refractivity contribution is 6.31. The third-order valence-electron chi connectivity index (χ3n) is 5.51. The summed E-state index contributed by atoms with van der Waals surface area (Å²) in [6.45, 7) is 3.54. The van der Waals surface area contributed by atoms with Crippen LogP contribution < -0.4 is 5.32 Å². The Bertz CT molecular complexity index is 1120. The maximum absolute atomic E-state index is 12.6. The number of carbonyl (C=O) groups excluding carboxylic acids is 1. The maximum Gasteiger partial charge on any atom is 0.412 e. The summed E-state index contributed by atoms with van der Waals surface area (Å²) in [5, 5.41) is 7.55. The van der Waals surface area contributed by atoms with E-state index in [1.807, 2.05) is 30.3 Å². The van der Waals surface area contributed by atoms with Crippen molar-refractivity contribution < 1.29 is 14.1 Å². The molecule has 2 aromatic carbocycles. The molecule has 4 rings (SSSR count). The van der Waals surface area contributed by atoms with Gasteiger partial charge < -0.3 is 9.26 Å². The topological polar surface area (TPSA) is 64.4 Å². The van der Waals surface area contributed by atoms with Crippen molar-refractivity contribution in [3.05, 3.63) is 76.5 Å². The molecule has 0 saturated carbocycles. The highest BCUT2D eigenvalue weighted by Gasteiger charge is 2.21. The van der Waals surface area contributed by atoms with E-state index in [9.17, 15) is 4.79 Å². The van der Waals surface area contributed by atoms with E-state index in [-0.39, 0.29) is 0 Å². The molecule has 6 heteroatoms. The number of aromatic nitrogens is 1. The summed E-state index contributed by atoms with van der Waals surface area (Å²) in [5.74, 6) is 0.514. The number of carbonyl (C=O) groups is 1. The highest BCUT2D eigenvalue weighted by Crippen LogP contribution is 2.34. The third kappa shape index (κ3) is 4.83. The first-order valence-electron chi connectivity index (χ1n) is 10.5. The van der Waals surface area contributed by atoms with Gasteiger partial charge in [-0.05, 0) is 62.8 Å². The van der Waals surface area contributed by atoms with E-state index in [0.717, 1.165) is 24.0 Å². The average Bonchev–Trinajstić information content (AvgIpc) is 3.14. The third-order valence-corrected chi connectivity index (χ3v) is 5.86. The molecule has 1 aliphatic rings. The molecule has 0 fully saturated rings. The van der Waals surface area contributed by atoms with Crippen molar-refractivity contribution in [3.8, 4) is 11.3 Å². The van der Waals surface area contributed by atoms with Crippen LogP contribution >= 0.6 is 11.6 Å². The van der Waals surface area contributed by atoms with Gasteiger partial charge in [0.05, 0.1) is 0 Å². The number of benzene rings is 2. The van der Waals surface area contributed by atoms with Crippen LogP contribution in [0.1, 0.15) is 55.6 Å². The van der Waals surface area contributed by atoms with Crippen LogP contribution in [0, 0.1) is 6.92 Å². The number of ether oxygens (including phenoxy) is 1. The van der Waals surface area contributed by atoms with Crippen LogP contribution in [0.5, 0.6) is 0 Å². The molecule has 160 valence electrons. The average molecular weight is 437 g/mol. The predicted octanol–water partition coefficient (Wildman–Crippen LogP) is 7.57. The Kier molecular flexibility index (Phi) is 6.42. The molecule has 5 nitrogen and oxygen atoms in total. The zero-order chi connectivity index (χ0) is 21.8. The van der Waals surface area contributed by atoms with Crippen LogP contribution in [0.4, 0.5) is 10.5 Å². The number of hydrogen-bond acceptors (Lipinski definition) is 4. The number of amides is 1. The predicted molar refractivity (Wildman–Crippen MR) is 123 cm³/mol. The number of hydrogen-bond donors (Lipinski definition) is 1. The molecule has 1 unspecified atom stereocenters. The minimum absolute atomic E-state index is 0.501. The number of halogens is 1. The molecule has 0 radical (unpaired) electrons. The molecule has 31 heavy (non-hydrogen) atoms. The Hall–Kier alpha value is -3.05. The van der Waals surface area contributed by atoms with Gasteiger partial charge in [0.25, 0.3) is 0 Å². The highest BCUT2D eigenvalue weighted by atomic mass is 35.5. The van der Waals surface area contributed by atoms with Gasteiger partial charge in [-0.25, -0.2) is 4.79 Å². The molecule has 3 aromatic rings. The second-order valence-electron chi connectivity index (χ2n) is 7.71. The lowest BCUT2D eigenvalue weighted by molar-refractivity contribution is 0.121. The first-order valence-corrected chi connectivity index (χ1v) is 10.9. The second-order valence-corrected chi connectivity index (χ2v) is 8.12. The van der Waals surface area contributed by atoms with Crippen molar-refractivity contribution >= 4 is 29.0 Å². The van der Waals surface area contributed by atoms with Crippen LogP contribution in [0.3, 0.4) is 0 Å². The Morgan fingerprint density at radius 2 is 1.97 bits per heavy atom. The molecule has 1 aromatic heterocycles. The van der Waals surface area contributed by atoms with Crippen LogP contribution in [-0.4, -0.2) is 11.2 Å². The lowest BCUT2D eigenvalue weighted by Crippen LogP contribution is -2.17. The lowest BCUT2D eigenvalue weighted by Gasteiger charge is -2.16. The van der Waals surface area contributed by atoms with Crippen LogP contribution in [0.15, 0.2) is 59.1 Å². The zero-order valence-corrected chi connectivity index (χ0v) is 18.4. The van der Waals surface area contributed by atoms with E-state index in [2.05, 4.69) is 28.7 Å². The minimum atomic E-state index is -0.592. The van der Waals surface area contributed by atoms with Crippen molar-refractivity contribution in [1.29, 1.82) is 0 Å². The second kappa shape index (κ2) is 9.40. The van der Waals surface area contributed by atoms with E-state index < -0.39 is 12.2 Å². The van der Waals surface area contributed by atoms with Crippen molar-refractivity contribution in [2.24, 2.45) is 0 Å². The van der Waals surface area contributed by atoms with E-state index >= 15 is 0 Å². The Labute approximate surface area is 187 Å². The quantitative estimate of drug-likeness (QED) is 0.447. The van der Waals surface area contributed by atoms with Crippen molar-refractivity contribution in [1.82, 2.24) is 5.16 Å². The SMILES string of the molecule is Cc1onc(-c2cccc(C3=CCCCC3)c2)c1NC(=O)OC(C)c1ccccc1Cl. The van der Waals surface area contributed by atoms with E-state index in [1.54, 1.807) is 19.9 Å². The summed E-state index contributed by atoms with van der Waals surface area (Å²) in [7, 11) is 0. The molecular formula is C25H25ClN2O3. The van der Waals surface area contributed by atoms with E-state index in [4.69, 9.17) is 20.9 Å². The number of rotatable bonds is 5. The standard InChI is InChI=1S/C25H25ClN2O3/c1-16(21-13-6-7-14-22(21)26)30-25(29)27-23-17(2)31-28-24(23)20-12-8-11-19(15-20)18-9-4-3-5-10-18/h6-9,11-16H,3-5,10H2,1-2H3,(H,27,29). The molecular weight excluding hydrogens is 412 g/mol. The van der Waals surface area contributed by atoms with Gasteiger partial charge in [-0.3, -0.25) is 5.32 Å². The smallest absolute Gasteiger partial charge is 0.412 e. The minimum Gasteiger partial charge on any atom is -0.441 e. The molecule has 1 N–H and O–H groups in total. The number of aryl methyl sites for hydroxylation is 1. The number of nitrogens with one attached hydrogen (secondary N) is 1. The van der Waals surface area contributed by atoms with Gasteiger partial charge in [0.1, 0.15) is 17.5 Å². The van der Waals surface area contributed by atoms with Gasteiger partial charge >= 0.3 is 6.09 Å². The van der Waals surface area contributed by atoms with Gasteiger partial charge in [0.2, 0.25) is 0 Å². The van der Waals surface area contributed by atoms with Crippen molar-refractivity contribution in [3.63, 3.8) is 0 Å². The fraction of sp³-hybridized carbons (Fsp3) is 0.280. The molecule has 0 aliphatic heterocycles. The number of allylic oxidation sites excluding steroid dienone is 2. The van der Waals surface area contributed by atoms with Gasteiger partial charge in [-0.2, -0.15) is 0 Å². The number of anilines is 1. The molecule has 1 heterocycles. The first kappa shape index (κ1) is 21.2. The van der Waals surface area contributed by atoms with Gasteiger partial charge in [0, 0.05) is 16.1 Å². The lowest BCUT2D eigenvalue weighted by atomic mass is 9.92. The van der Waals surface area contributed by atoms with E-state index in [0.29, 0.717) is 22.2 Å². The largest absolute Gasteiger partial charge is 0.441 e. The summed E-state index contributed by atoms with van der Waals surface area (Å²) in [6, 6.07) is 15.5. The summed E-state index contributed by atoms with van der Waals surface area (Å²) in [6.07, 6.45) is 5.87. The summed E-state index contributed by atoms with van der Waals surface area (Å²) in [5.41, 5.74) is 5.25. The Morgan fingerprint density at radius 3 is 2.74 bits per heavy atom. The van der Waals surface area contributed by atoms with Crippen LogP contribution in [0.25, 0.3) is 16.8 Å².